The van der Waals surface area contributed by atoms with Crippen LogP contribution < -0.4 is 10.6 Å². The summed E-state index contributed by atoms with van der Waals surface area (Å²) in [5.41, 5.74) is 1.49. The largest absolute Gasteiger partial charge is 0.341 e. The number of amides is 2. The average Bonchev–Trinajstić information content (AvgIpc) is 2.61. The van der Waals surface area contributed by atoms with Gasteiger partial charge in [0.15, 0.2) is 0 Å². The Kier molecular flexibility index (Phi) is 4.91. The molecule has 0 saturated carbocycles. The maximum Gasteiger partial charge on any atom is 0.314 e. The maximum absolute atomic E-state index is 13.1. The molecular formula is C17H22N4O3S. The van der Waals surface area contributed by atoms with Crippen LogP contribution in [0.5, 0.6) is 0 Å². The van der Waals surface area contributed by atoms with Crippen molar-refractivity contribution < 1.29 is 13.2 Å². The van der Waals surface area contributed by atoms with Crippen molar-refractivity contribution in [2.24, 2.45) is 0 Å². The number of benzene rings is 1. The number of nitrogens with zero attached hydrogens (tertiary/aromatic N) is 2. The lowest BCUT2D eigenvalue weighted by Gasteiger charge is -2.31. The van der Waals surface area contributed by atoms with Crippen LogP contribution in [0.25, 0.3) is 10.9 Å². The molecule has 2 amide bonds. The van der Waals surface area contributed by atoms with E-state index in [1.165, 1.54) is 4.31 Å². The normalized spacial score (nSPS) is 16.7. The van der Waals surface area contributed by atoms with Crippen LogP contribution in [0.2, 0.25) is 0 Å². The van der Waals surface area contributed by atoms with Gasteiger partial charge in [0.25, 0.3) is 0 Å². The third-order valence-electron chi connectivity index (χ3n) is 4.44. The van der Waals surface area contributed by atoms with Crippen molar-refractivity contribution in [3.05, 3.63) is 36.0 Å². The number of rotatable bonds is 3. The van der Waals surface area contributed by atoms with E-state index < -0.39 is 10.0 Å². The number of carbonyl (C=O) groups is 1. The number of hydrogen-bond donors (Lipinski definition) is 2. The molecule has 1 aliphatic heterocycles. The molecule has 1 aromatic heterocycles. The van der Waals surface area contributed by atoms with Crippen molar-refractivity contribution in [2.75, 3.05) is 20.1 Å². The predicted octanol–water partition coefficient (Wildman–Crippen LogP) is 1.63. The zero-order chi connectivity index (χ0) is 18.0. The Balaban J connectivity index is 1.83. The van der Waals surface area contributed by atoms with E-state index in [9.17, 15) is 13.2 Å². The minimum atomic E-state index is -3.62. The smallest absolute Gasteiger partial charge is 0.314 e. The van der Waals surface area contributed by atoms with Crippen molar-refractivity contribution in [3.8, 4) is 0 Å². The highest BCUT2D eigenvalue weighted by Gasteiger charge is 2.31. The predicted molar refractivity (Wildman–Crippen MR) is 95.9 cm³/mol. The van der Waals surface area contributed by atoms with Gasteiger partial charge in [-0.1, -0.05) is 12.1 Å². The van der Waals surface area contributed by atoms with Gasteiger partial charge in [-0.25, -0.2) is 13.2 Å². The topological polar surface area (TPSA) is 91.4 Å². The Morgan fingerprint density at radius 1 is 1.28 bits per heavy atom. The van der Waals surface area contributed by atoms with E-state index in [4.69, 9.17) is 0 Å². The van der Waals surface area contributed by atoms with Gasteiger partial charge < -0.3 is 10.6 Å². The summed E-state index contributed by atoms with van der Waals surface area (Å²) in [4.78, 5) is 16.0. The second kappa shape index (κ2) is 6.97. The van der Waals surface area contributed by atoms with Gasteiger partial charge in [-0.2, -0.15) is 4.31 Å². The molecule has 1 saturated heterocycles. The molecule has 0 aliphatic carbocycles. The highest BCUT2D eigenvalue weighted by atomic mass is 32.2. The number of hydrogen-bond acceptors (Lipinski definition) is 4. The first-order chi connectivity index (χ1) is 11.9. The van der Waals surface area contributed by atoms with E-state index in [1.807, 2.05) is 19.1 Å². The number of pyridine rings is 1. The Hall–Kier alpha value is -2.19. The van der Waals surface area contributed by atoms with Crippen molar-refractivity contribution in [2.45, 2.75) is 30.7 Å². The lowest BCUT2D eigenvalue weighted by molar-refractivity contribution is 0.229. The fourth-order valence-electron chi connectivity index (χ4n) is 3.09. The number of nitrogens with one attached hydrogen (secondary N) is 2. The Morgan fingerprint density at radius 2 is 2.00 bits per heavy atom. The summed E-state index contributed by atoms with van der Waals surface area (Å²) < 4.78 is 27.6. The second-order valence-corrected chi connectivity index (χ2v) is 8.15. The summed E-state index contributed by atoms with van der Waals surface area (Å²) in [5.74, 6) is 0. The molecular weight excluding hydrogens is 340 g/mol. The molecule has 0 radical (unpaired) electrons. The maximum atomic E-state index is 13.1. The summed E-state index contributed by atoms with van der Waals surface area (Å²) in [7, 11) is -2.06. The second-order valence-electron chi connectivity index (χ2n) is 6.24. The van der Waals surface area contributed by atoms with E-state index in [2.05, 4.69) is 15.6 Å². The molecule has 134 valence electrons. The summed E-state index contributed by atoms with van der Waals surface area (Å²) in [6.45, 7) is 2.68. The summed E-state index contributed by atoms with van der Waals surface area (Å²) in [6.07, 6.45) is 2.86. The van der Waals surface area contributed by atoms with Crippen LogP contribution in [0.1, 0.15) is 18.4 Å². The molecule has 0 unspecified atom stereocenters. The zero-order valence-corrected chi connectivity index (χ0v) is 15.1. The molecule has 1 aromatic carbocycles. The van der Waals surface area contributed by atoms with E-state index in [-0.39, 0.29) is 17.0 Å². The monoisotopic (exact) mass is 362 g/mol. The lowest BCUT2D eigenvalue weighted by Crippen LogP contribution is -2.48. The highest BCUT2D eigenvalue weighted by Crippen LogP contribution is 2.26. The Morgan fingerprint density at radius 3 is 2.68 bits per heavy atom. The van der Waals surface area contributed by atoms with Crippen LogP contribution in [0, 0.1) is 6.92 Å². The van der Waals surface area contributed by atoms with Crippen LogP contribution in [-0.2, 0) is 10.0 Å². The summed E-state index contributed by atoms with van der Waals surface area (Å²) in [5, 5.41) is 6.16. The highest BCUT2D eigenvalue weighted by molar-refractivity contribution is 7.89. The molecule has 1 aliphatic rings. The molecule has 25 heavy (non-hydrogen) atoms. The third-order valence-corrected chi connectivity index (χ3v) is 6.37. The van der Waals surface area contributed by atoms with Crippen molar-refractivity contribution in [1.82, 2.24) is 19.9 Å². The summed E-state index contributed by atoms with van der Waals surface area (Å²) in [6, 6.07) is 6.90. The molecule has 2 heterocycles. The van der Waals surface area contributed by atoms with Gasteiger partial charge in [-0.05, 0) is 37.5 Å². The van der Waals surface area contributed by atoms with Crippen molar-refractivity contribution >= 4 is 27.0 Å². The number of piperidine rings is 1. The number of aryl methyl sites for hydroxylation is 1. The zero-order valence-electron chi connectivity index (χ0n) is 14.3. The quantitative estimate of drug-likeness (QED) is 0.868. The molecule has 0 spiro atoms. The standard InChI is InChI=1S/C17H22N4O3S/c1-12-10-13-4-3-5-15(16(13)19-11-12)25(23,24)21-8-6-14(7-9-21)20-17(22)18-2/h3-5,10-11,14H,6-9H2,1-2H3,(H2,18,20,22). The van der Waals surface area contributed by atoms with Gasteiger partial charge in [0.05, 0.1) is 5.52 Å². The molecule has 8 heteroatoms. The molecule has 0 bridgehead atoms. The van der Waals surface area contributed by atoms with Crippen molar-refractivity contribution in [1.29, 1.82) is 0 Å². The number of carbonyl (C=O) groups excluding carboxylic acids is 1. The van der Waals surface area contributed by atoms with E-state index in [0.29, 0.717) is 31.4 Å². The summed E-state index contributed by atoms with van der Waals surface area (Å²) >= 11 is 0. The molecule has 0 atom stereocenters. The third kappa shape index (κ3) is 3.59. The van der Waals surface area contributed by atoms with Crippen molar-refractivity contribution in [3.63, 3.8) is 0 Å². The van der Waals surface area contributed by atoms with Gasteiger partial charge in [-0.15, -0.1) is 0 Å². The van der Waals surface area contributed by atoms with E-state index >= 15 is 0 Å². The lowest BCUT2D eigenvalue weighted by atomic mass is 10.1. The van der Waals surface area contributed by atoms with Crippen LogP contribution in [0.4, 0.5) is 4.79 Å². The van der Waals surface area contributed by atoms with Gasteiger partial charge in [-0.3, -0.25) is 4.98 Å². The number of aromatic nitrogens is 1. The Bertz CT molecular complexity index is 890. The molecule has 2 aromatic rings. The number of sulfonamides is 1. The fourth-order valence-corrected chi connectivity index (χ4v) is 4.72. The SMILES string of the molecule is CNC(=O)NC1CCN(S(=O)(=O)c2cccc3cc(C)cnc23)CC1. The first-order valence-corrected chi connectivity index (χ1v) is 9.69. The van der Waals surface area contributed by atoms with E-state index in [0.717, 1.165) is 10.9 Å². The fraction of sp³-hybridized carbons (Fsp3) is 0.412. The van der Waals surface area contributed by atoms with Crippen LogP contribution >= 0.6 is 0 Å². The molecule has 2 N–H and O–H groups in total. The average molecular weight is 362 g/mol. The number of para-hydroxylation sites is 1. The first kappa shape index (κ1) is 17.6. The molecule has 3 rings (SSSR count). The minimum absolute atomic E-state index is 0.0142. The van der Waals surface area contributed by atoms with Crippen LogP contribution in [0.3, 0.4) is 0 Å². The van der Waals surface area contributed by atoms with Crippen LogP contribution in [0.15, 0.2) is 35.4 Å². The Labute approximate surface area is 147 Å². The van der Waals surface area contributed by atoms with Gasteiger partial charge in [0, 0.05) is 37.8 Å². The molecule has 7 nitrogen and oxygen atoms in total. The van der Waals surface area contributed by atoms with Crippen LogP contribution in [-0.4, -0.2) is 49.9 Å². The van der Waals surface area contributed by atoms with Gasteiger partial charge in [0.2, 0.25) is 10.0 Å². The van der Waals surface area contributed by atoms with E-state index in [1.54, 1.807) is 25.4 Å². The first-order valence-electron chi connectivity index (χ1n) is 8.25. The van der Waals surface area contributed by atoms with Gasteiger partial charge >= 0.3 is 6.03 Å². The molecule has 1 fully saturated rings. The number of fused-ring (bicyclic) bond motifs is 1. The number of urea groups is 1. The minimum Gasteiger partial charge on any atom is -0.341 e. The van der Waals surface area contributed by atoms with Gasteiger partial charge in [0.1, 0.15) is 4.90 Å².